The van der Waals surface area contributed by atoms with Gasteiger partial charge < -0.3 is 9.72 Å². The number of hydrogen-bond donors (Lipinski definition) is 1. The Bertz CT molecular complexity index is 1060. The first-order valence-corrected chi connectivity index (χ1v) is 8.30. The highest BCUT2D eigenvalue weighted by Crippen LogP contribution is 2.32. The minimum absolute atomic E-state index is 0.0832. The van der Waals surface area contributed by atoms with Gasteiger partial charge in [0.15, 0.2) is 5.78 Å². The monoisotopic (exact) mass is 349 g/mol. The van der Waals surface area contributed by atoms with Crippen molar-refractivity contribution < 1.29 is 18.7 Å². The molecule has 4 rings (SSSR count). The molecule has 0 saturated heterocycles. The largest absolute Gasteiger partial charge is 0.465 e. The van der Waals surface area contributed by atoms with Crippen molar-refractivity contribution >= 4 is 28.7 Å². The van der Waals surface area contributed by atoms with Crippen molar-refractivity contribution in [3.8, 4) is 0 Å². The first-order chi connectivity index (χ1) is 12.6. The van der Waals surface area contributed by atoms with Crippen LogP contribution in [0.25, 0.3) is 17.0 Å². The molecule has 1 aromatic heterocycles. The van der Waals surface area contributed by atoms with E-state index < -0.39 is 5.97 Å². The molecule has 1 aliphatic rings. The molecule has 4 nitrogen and oxygen atoms in total. The molecule has 26 heavy (non-hydrogen) atoms. The summed E-state index contributed by atoms with van der Waals surface area (Å²) in [5, 5.41) is 0.622. The first kappa shape index (κ1) is 16.3. The standard InChI is InChI=1S/C21H16FNO3/c1-26-21(25)13-4-2-12(3-5-13)10-14-6-8-18-19(20(14)24)16-11-15(22)7-9-17(16)23-18/h2-5,7,9-11,23H,6,8H2,1H3/b14-10+. The smallest absolute Gasteiger partial charge is 0.337 e. The number of aromatic amines is 1. The fourth-order valence-electron chi connectivity index (χ4n) is 3.37. The molecule has 0 unspecified atom stereocenters. The summed E-state index contributed by atoms with van der Waals surface area (Å²) in [6.07, 6.45) is 3.13. The van der Waals surface area contributed by atoms with Crippen LogP contribution in [0.3, 0.4) is 0 Å². The van der Waals surface area contributed by atoms with Crippen molar-refractivity contribution in [2.75, 3.05) is 7.11 Å². The molecule has 0 saturated carbocycles. The number of ether oxygens (including phenoxy) is 1. The van der Waals surface area contributed by atoms with Crippen molar-refractivity contribution in [2.45, 2.75) is 12.8 Å². The number of nitrogens with one attached hydrogen (secondary N) is 1. The molecule has 0 atom stereocenters. The molecule has 0 bridgehead atoms. The Morgan fingerprint density at radius 2 is 1.92 bits per heavy atom. The Kier molecular flexibility index (Phi) is 3.92. The number of allylic oxidation sites excluding steroid dienone is 1. The topological polar surface area (TPSA) is 59.2 Å². The van der Waals surface area contributed by atoms with E-state index in [9.17, 15) is 14.0 Å². The maximum absolute atomic E-state index is 13.6. The Morgan fingerprint density at radius 1 is 1.15 bits per heavy atom. The summed E-state index contributed by atoms with van der Waals surface area (Å²) in [7, 11) is 1.33. The summed E-state index contributed by atoms with van der Waals surface area (Å²) in [4.78, 5) is 27.7. The van der Waals surface area contributed by atoms with Crippen LogP contribution < -0.4 is 0 Å². The lowest BCUT2D eigenvalue weighted by atomic mass is 9.88. The highest BCUT2D eigenvalue weighted by atomic mass is 19.1. The van der Waals surface area contributed by atoms with Crippen molar-refractivity contribution in [2.24, 2.45) is 0 Å². The predicted octanol–water partition coefficient (Wildman–Crippen LogP) is 4.31. The summed E-state index contributed by atoms with van der Waals surface area (Å²) in [6.45, 7) is 0. The summed E-state index contributed by atoms with van der Waals surface area (Å²) in [6, 6.07) is 11.3. The number of Topliss-reactive ketones (excluding diaryl/α,β-unsaturated/α-hetero) is 1. The van der Waals surface area contributed by atoms with E-state index in [0.717, 1.165) is 16.8 Å². The number of H-pyrrole nitrogens is 1. The van der Waals surface area contributed by atoms with Gasteiger partial charge >= 0.3 is 5.97 Å². The van der Waals surface area contributed by atoms with Crippen LogP contribution in [0, 0.1) is 5.82 Å². The Hall–Kier alpha value is -3.21. The second-order valence-corrected chi connectivity index (χ2v) is 6.28. The molecule has 1 N–H and O–H groups in total. The van der Waals surface area contributed by atoms with Crippen LogP contribution in [0.4, 0.5) is 4.39 Å². The van der Waals surface area contributed by atoms with Gasteiger partial charge in [0.25, 0.3) is 0 Å². The number of esters is 1. The third-order valence-corrected chi connectivity index (χ3v) is 4.67. The Labute approximate surface area is 149 Å². The SMILES string of the molecule is COC(=O)c1ccc(/C=C2\CCc3[nH]c4ccc(F)cc4c3C2=O)cc1. The minimum atomic E-state index is -0.400. The van der Waals surface area contributed by atoms with Crippen molar-refractivity contribution in [3.05, 3.63) is 76.2 Å². The Morgan fingerprint density at radius 3 is 2.65 bits per heavy atom. The maximum atomic E-state index is 13.6. The maximum Gasteiger partial charge on any atom is 0.337 e. The zero-order valence-corrected chi connectivity index (χ0v) is 14.1. The summed E-state index contributed by atoms with van der Waals surface area (Å²) in [5.74, 6) is -0.842. The molecule has 0 aliphatic heterocycles. The fourth-order valence-corrected chi connectivity index (χ4v) is 3.37. The normalized spacial score (nSPS) is 15.3. The highest BCUT2D eigenvalue weighted by molar-refractivity contribution is 6.19. The minimum Gasteiger partial charge on any atom is -0.465 e. The summed E-state index contributed by atoms with van der Waals surface area (Å²) in [5.41, 5.74) is 4.15. The van der Waals surface area contributed by atoms with Crippen molar-refractivity contribution in [1.82, 2.24) is 4.98 Å². The van der Waals surface area contributed by atoms with E-state index in [0.29, 0.717) is 34.9 Å². The molecular weight excluding hydrogens is 333 g/mol. The quantitative estimate of drug-likeness (QED) is 0.554. The summed E-state index contributed by atoms with van der Waals surface area (Å²) >= 11 is 0. The number of carbonyl (C=O) groups is 2. The molecule has 3 aromatic rings. The van der Waals surface area contributed by atoms with Gasteiger partial charge in [-0.1, -0.05) is 12.1 Å². The van der Waals surface area contributed by atoms with E-state index in [2.05, 4.69) is 9.72 Å². The second-order valence-electron chi connectivity index (χ2n) is 6.28. The van der Waals surface area contributed by atoms with Gasteiger partial charge in [0.1, 0.15) is 5.82 Å². The van der Waals surface area contributed by atoms with E-state index in [1.165, 1.54) is 19.2 Å². The number of aryl methyl sites for hydroxylation is 1. The molecule has 5 heteroatoms. The van der Waals surface area contributed by atoms with Gasteiger partial charge in [0.2, 0.25) is 0 Å². The molecule has 0 spiro atoms. The van der Waals surface area contributed by atoms with Crippen LogP contribution >= 0.6 is 0 Å². The van der Waals surface area contributed by atoms with E-state index >= 15 is 0 Å². The average Bonchev–Trinajstić information content (AvgIpc) is 3.02. The van der Waals surface area contributed by atoms with E-state index in [-0.39, 0.29) is 11.6 Å². The predicted molar refractivity (Wildman–Crippen MR) is 96.7 cm³/mol. The molecule has 2 aromatic carbocycles. The third-order valence-electron chi connectivity index (χ3n) is 4.67. The van der Waals surface area contributed by atoms with Gasteiger partial charge in [0, 0.05) is 22.2 Å². The number of benzene rings is 2. The van der Waals surface area contributed by atoms with Gasteiger partial charge in [-0.15, -0.1) is 0 Å². The fraction of sp³-hybridized carbons (Fsp3) is 0.143. The second kappa shape index (κ2) is 6.26. The molecule has 0 radical (unpaired) electrons. The van der Waals surface area contributed by atoms with Gasteiger partial charge in [-0.3, -0.25) is 4.79 Å². The average molecular weight is 349 g/mol. The van der Waals surface area contributed by atoms with Gasteiger partial charge in [-0.25, -0.2) is 9.18 Å². The zero-order valence-electron chi connectivity index (χ0n) is 14.1. The zero-order chi connectivity index (χ0) is 18.3. The lowest BCUT2D eigenvalue weighted by Gasteiger charge is -2.14. The number of methoxy groups -OCH3 is 1. The number of fused-ring (bicyclic) bond motifs is 3. The van der Waals surface area contributed by atoms with Crippen LogP contribution in [0.15, 0.2) is 48.0 Å². The molecule has 1 heterocycles. The number of aromatic nitrogens is 1. The number of hydrogen-bond acceptors (Lipinski definition) is 3. The summed E-state index contributed by atoms with van der Waals surface area (Å²) < 4.78 is 18.3. The van der Waals surface area contributed by atoms with Crippen LogP contribution in [-0.4, -0.2) is 23.8 Å². The number of halogens is 1. The van der Waals surface area contributed by atoms with Gasteiger partial charge in [-0.2, -0.15) is 0 Å². The third kappa shape index (κ3) is 2.71. The van der Waals surface area contributed by atoms with Gasteiger partial charge in [0.05, 0.1) is 18.2 Å². The van der Waals surface area contributed by atoms with E-state index in [1.54, 1.807) is 30.3 Å². The molecule has 1 aliphatic carbocycles. The van der Waals surface area contributed by atoms with Crippen LogP contribution in [-0.2, 0) is 11.2 Å². The highest BCUT2D eigenvalue weighted by Gasteiger charge is 2.26. The van der Waals surface area contributed by atoms with E-state index in [4.69, 9.17) is 0 Å². The molecular formula is C21H16FNO3. The number of rotatable bonds is 2. The Balaban J connectivity index is 1.70. The van der Waals surface area contributed by atoms with E-state index in [1.807, 2.05) is 6.08 Å². The van der Waals surface area contributed by atoms with Crippen LogP contribution in [0.1, 0.15) is 38.4 Å². The number of carbonyl (C=O) groups excluding carboxylic acids is 2. The van der Waals surface area contributed by atoms with Crippen molar-refractivity contribution in [1.29, 1.82) is 0 Å². The number of ketones is 1. The molecule has 0 amide bonds. The van der Waals surface area contributed by atoms with Crippen molar-refractivity contribution in [3.63, 3.8) is 0 Å². The lowest BCUT2D eigenvalue weighted by Crippen LogP contribution is -2.13. The van der Waals surface area contributed by atoms with Crippen LogP contribution in [0.2, 0.25) is 0 Å². The first-order valence-electron chi connectivity index (χ1n) is 8.30. The molecule has 0 fully saturated rings. The van der Waals surface area contributed by atoms with Gasteiger partial charge in [-0.05, 0) is 54.8 Å². The van der Waals surface area contributed by atoms with Crippen LogP contribution in [0.5, 0.6) is 0 Å². The lowest BCUT2D eigenvalue weighted by molar-refractivity contribution is 0.0600. The molecule has 130 valence electrons.